The van der Waals surface area contributed by atoms with Crippen LogP contribution in [0.5, 0.6) is 0 Å². The standard InChI is InChI=1S/C39H77NO5/c1-5-7-9-11-13-15-17-19-21-23-25-27-29-31-37(41)44-35(3)33-39(43,34-40)36(4)45-38(42)32-30-28-26-24-22-20-18-16-14-12-10-8-6-2/h35-36,43H,5-34,40H2,1-4H3. The quantitative estimate of drug-likeness (QED) is 0.0537. The fraction of sp³-hybridized carbons (Fsp3) is 0.949. The van der Waals surface area contributed by atoms with Crippen LogP contribution >= 0.6 is 0 Å². The Bertz CT molecular complexity index is 672. The van der Waals surface area contributed by atoms with E-state index in [9.17, 15) is 14.7 Å². The number of nitrogens with two attached hydrogens (primary N) is 1. The SMILES string of the molecule is CCCCCCCCCCCCCCCC(=O)OC(C)CC(O)(CN)C(C)OC(=O)CCCCCCCCCCCCCCC. The Kier molecular flexibility index (Phi) is 30.7. The number of aliphatic hydroxyl groups is 1. The summed E-state index contributed by atoms with van der Waals surface area (Å²) in [6.07, 6.45) is 32.4. The van der Waals surface area contributed by atoms with Crippen molar-refractivity contribution < 1.29 is 24.2 Å². The molecule has 0 saturated heterocycles. The van der Waals surface area contributed by atoms with Gasteiger partial charge in [-0.3, -0.25) is 9.59 Å². The molecule has 3 atom stereocenters. The van der Waals surface area contributed by atoms with Crippen LogP contribution in [0.2, 0.25) is 0 Å². The van der Waals surface area contributed by atoms with Gasteiger partial charge in [-0.05, 0) is 26.7 Å². The van der Waals surface area contributed by atoms with Crippen molar-refractivity contribution in [2.75, 3.05) is 6.54 Å². The lowest BCUT2D eigenvalue weighted by Gasteiger charge is -2.34. The number of carbonyl (C=O) groups excluding carboxylic acids is 2. The minimum Gasteiger partial charge on any atom is -0.463 e. The molecule has 0 aromatic carbocycles. The van der Waals surface area contributed by atoms with Crippen LogP contribution < -0.4 is 5.73 Å². The van der Waals surface area contributed by atoms with Crippen molar-refractivity contribution in [1.29, 1.82) is 0 Å². The number of esters is 2. The highest BCUT2D eigenvalue weighted by atomic mass is 16.6. The summed E-state index contributed by atoms with van der Waals surface area (Å²) in [4.78, 5) is 24.8. The zero-order valence-corrected chi connectivity index (χ0v) is 30.5. The van der Waals surface area contributed by atoms with Crippen LogP contribution in [0, 0.1) is 0 Å². The van der Waals surface area contributed by atoms with Crippen molar-refractivity contribution in [3.05, 3.63) is 0 Å². The molecule has 0 saturated carbocycles. The Hall–Kier alpha value is -1.14. The average Bonchev–Trinajstić information content (AvgIpc) is 3.01. The topological polar surface area (TPSA) is 98.8 Å². The van der Waals surface area contributed by atoms with E-state index in [2.05, 4.69) is 13.8 Å². The van der Waals surface area contributed by atoms with E-state index < -0.39 is 17.8 Å². The van der Waals surface area contributed by atoms with Crippen molar-refractivity contribution >= 4 is 11.9 Å². The van der Waals surface area contributed by atoms with Gasteiger partial charge < -0.3 is 20.3 Å². The van der Waals surface area contributed by atoms with Crippen molar-refractivity contribution in [2.45, 2.75) is 232 Å². The van der Waals surface area contributed by atoms with Crippen molar-refractivity contribution in [2.24, 2.45) is 5.73 Å². The molecule has 3 unspecified atom stereocenters. The molecule has 0 amide bonds. The monoisotopic (exact) mass is 640 g/mol. The summed E-state index contributed by atoms with van der Waals surface area (Å²) >= 11 is 0. The molecule has 6 nitrogen and oxygen atoms in total. The van der Waals surface area contributed by atoms with Gasteiger partial charge in [-0.15, -0.1) is 0 Å². The third-order valence-electron chi connectivity index (χ3n) is 9.36. The van der Waals surface area contributed by atoms with E-state index in [4.69, 9.17) is 15.2 Å². The van der Waals surface area contributed by atoms with Gasteiger partial charge in [0.1, 0.15) is 17.8 Å². The Morgan fingerprint density at radius 1 is 0.533 bits per heavy atom. The first kappa shape index (κ1) is 43.9. The van der Waals surface area contributed by atoms with Crippen molar-refractivity contribution in [3.63, 3.8) is 0 Å². The van der Waals surface area contributed by atoms with Crippen LogP contribution in [0.3, 0.4) is 0 Å². The normalized spacial score (nSPS) is 14.2. The highest BCUT2D eigenvalue weighted by Gasteiger charge is 2.37. The van der Waals surface area contributed by atoms with Gasteiger partial charge in [0.05, 0.1) is 0 Å². The summed E-state index contributed by atoms with van der Waals surface area (Å²) in [5, 5.41) is 11.1. The van der Waals surface area contributed by atoms with E-state index in [0.29, 0.717) is 12.8 Å². The summed E-state index contributed by atoms with van der Waals surface area (Å²) in [5.41, 5.74) is 4.47. The lowest BCUT2D eigenvalue weighted by Crippen LogP contribution is -2.51. The van der Waals surface area contributed by atoms with Gasteiger partial charge in [0.25, 0.3) is 0 Å². The molecular formula is C39H77NO5. The predicted molar refractivity (Wildman–Crippen MR) is 190 cm³/mol. The lowest BCUT2D eigenvalue weighted by atomic mass is 9.91. The van der Waals surface area contributed by atoms with Gasteiger partial charge in [0.2, 0.25) is 0 Å². The molecule has 3 N–H and O–H groups in total. The predicted octanol–water partition coefficient (Wildman–Crippen LogP) is 10.9. The van der Waals surface area contributed by atoms with Crippen LogP contribution in [0.1, 0.15) is 214 Å². The minimum absolute atomic E-state index is 0.0685. The zero-order chi connectivity index (χ0) is 33.4. The molecule has 268 valence electrons. The van der Waals surface area contributed by atoms with Crippen LogP contribution in [-0.4, -0.2) is 41.4 Å². The van der Waals surface area contributed by atoms with Gasteiger partial charge >= 0.3 is 11.9 Å². The molecule has 0 fully saturated rings. The van der Waals surface area contributed by atoms with Gasteiger partial charge in [0, 0.05) is 25.8 Å². The number of rotatable bonds is 34. The number of hydrogen-bond acceptors (Lipinski definition) is 6. The Labute approximate surface area is 279 Å². The molecular weight excluding hydrogens is 562 g/mol. The number of ether oxygens (including phenoxy) is 2. The van der Waals surface area contributed by atoms with E-state index in [1.807, 2.05) is 0 Å². The number of hydrogen-bond donors (Lipinski definition) is 2. The maximum absolute atomic E-state index is 12.4. The van der Waals surface area contributed by atoms with Crippen molar-refractivity contribution in [1.82, 2.24) is 0 Å². The smallest absolute Gasteiger partial charge is 0.306 e. The molecule has 0 radical (unpaired) electrons. The van der Waals surface area contributed by atoms with Gasteiger partial charge in [-0.25, -0.2) is 0 Å². The highest BCUT2D eigenvalue weighted by Crippen LogP contribution is 2.23. The Balaban J connectivity index is 3.91. The first-order chi connectivity index (χ1) is 21.8. The Morgan fingerprint density at radius 2 is 0.822 bits per heavy atom. The van der Waals surface area contributed by atoms with E-state index in [1.54, 1.807) is 13.8 Å². The summed E-state index contributed by atoms with van der Waals surface area (Å²) in [6.45, 7) is 7.90. The minimum atomic E-state index is -1.43. The molecule has 0 aliphatic heterocycles. The molecule has 0 heterocycles. The molecule has 0 aliphatic carbocycles. The second kappa shape index (κ2) is 31.5. The largest absolute Gasteiger partial charge is 0.463 e. The first-order valence-electron chi connectivity index (χ1n) is 19.6. The summed E-state index contributed by atoms with van der Waals surface area (Å²) in [6, 6.07) is 0. The van der Waals surface area contributed by atoms with Gasteiger partial charge in [-0.2, -0.15) is 0 Å². The summed E-state index contributed by atoms with van der Waals surface area (Å²) in [5.74, 6) is -0.540. The molecule has 0 aliphatic rings. The van der Waals surface area contributed by atoms with E-state index >= 15 is 0 Å². The molecule has 0 rings (SSSR count). The van der Waals surface area contributed by atoms with E-state index in [-0.39, 0.29) is 24.9 Å². The fourth-order valence-corrected chi connectivity index (χ4v) is 6.18. The average molecular weight is 640 g/mol. The van der Waals surface area contributed by atoms with Crippen molar-refractivity contribution in [3.8, 4) is 0 Å². The van der Waals surface area contributed by atoms with E-state index in [0.717, 1.165) is 38.5 Å². The van der Waals surface area contributed by atoms with E-state index in [1.165, 1.54) is 128 Å². The van der Waals surface area contributed by atoms with Crippen LogP contribution in [-0.2, 0) is 19.1 Å². The number of carbonyl (C=O) groups is 2. The number of unbranched alkanes of at least 4 members (excludes halogenated alkanes) is 24. The molecule has 6 heteroatoms. The maximum Gasteiger partial charge on any atom is 0.306 e. The Morgan fingerprint density at radius 3 is 1.13 bits per heavy atom. The van der Waals surface area contributed by atoms with Gasteiger partial charge in [0.15, 0.2) is 0 Å². The third-order valence-corrected chi connectivity index (χ3v) is 9.36. The molecule has 0 spiro atoms. The second-order valence-electron chi connectivity index (χ2n) is 13.9. The second-order valence-corrected chi connectivity index (χ2v) is 13.9. The highest BCUT2D eigenvalue weighted by molar-refractivity contribution is 5.70. The van der Waals surface area contributed by atoms with Gasteiger partial charge in [-0.1, -0.05) is 168 Å². The first-order valence-corrected chi connectivity index (χ1v) is 19.6. The lowest BCUT2D eigenvalue weighted by molar-refractivity contribution is -0.170. The molecule has 0 bridgehead atoms. The van der Waals surface area contributed by atoms with Crippen LogP contribution in [0.25, 0.3) is 0 Å². The van der Waals surface area contributed by atoms with Crippen LogP contribution in [0.4, 0.5) is 0 Å². The summed E-state index contributed by atoms with van der Waals surface area (Å²) in [7, 11) is 0. The molecule has 45 heavy (non-hydrogen) atoms. The summed E-state index contributed by atoms with van der Waals surface area (Å²) < 4.78 is 11.1. The molecule has 0 aromatic rings. The maximum atomic E-state index is 12.4. The third kappa shape index (κ3) is 27.7. The molecule has 0 aromatic heterocycles. The fourth-order valence-electron chi connectivity index (χ4n) is 6.18. The van der Waals surface area contributed by atoms with Crippen LogP contribution in [0.15, 0.2) is 0 Å². The zero-order valence-electron chi connectivity index (χ0n) is 30.5.